The van der Waals surface area contributed by atoms with Gasteiger partial charge in [-0.05, 0) is 29.3 Å². The molecule has 0 radical (unpaired) electrons. The van der Waals surface area contributed by atoms with Crippen LogP contribution >= 0.6 is 11.6 Å². The summed E-state index contributed by atoms with van der Waals surface area (Å²) in [6.07, 6.45) is 1.71. The standard InChI is InChI=1S/C25H18ClN3O/c26-23-9-5-4-8-19(23)16-30-20-12-10-18(11-13-20)24-21(14-27)25(28)29-15-22(24)17-6-2-1-3-7-17/h1-13,15H,16H2,(H2,28,29). The second-order valence-corrected chi connectivity index (χ2v) is 7.10. The van der Waals surface area contributed by atoms with Gasteiger partial charge in [-0.15, -0.1) is 0 Å². The van der Waals surface area contributed by atoms with Crippen molar-refractivity contribution in [2.75, 3.05) is 5.73 Å². The highest BCUT2D eigenvalue weighted by Crippen LogP contribution is 2.37. The van der Waals surface area contributed by atoms with Gasteiger partial charge in [0, 0.05) is 27.9 Å². The zero-order valence-corrected chi connectivity index (χ0v) is 16.8. The quantitative estimate of drug-likeness (QED) is 0.430. The van der Waals surface area contributed by atoms with Gasteiger partial charge in [0.15, 0.2) is 0 Å². The number of pyridine rings is 1. The first-order valence-electron chi connectivity index (χ1n) is 9.38. The Labute approximate surface area is 180 Å². The lowest BCUT2D eigenvalue weighted by molar-refractivity contribution is 0.306. The van der Waals surface area contributed by atoms with Gasteiger partial charge in [0.1, 0.15) is 29.8 Å². The van der Waals surface area contributed by atoms with Gasteiger partial charge in [0.05, 0.1) is 0 Å². The van der Waals surface area contributed by atoms with Crippen molar-refractivity contribution < 1.29 is 4.74 Å². The first kappa shape index (κ1) is 19.5. The monoisotopic (exact) mass is 411 g/mol. The Morgan fingerprint density at radius 1 is 0.900 bits per heavy atom. The van der Waals surface area contributed by atoms with Crippen molar-refractivity contribution in [1.82, 2.24) is 4.98 Å². The maximum atomic E-state index is 9.72. The third kappa shape index (κ3) is 3.98. The number of halogens is 1. The van der Waals surface area contributed by atoms with E-state index < -0.39 is 0 Å². The molecule has 30 heavy (non-hydrogen) atoms. The summed E-state index contributed by atoms with van der Waals surface area (Å²) in [4.78, 5) is 4.22. The predicted molar refractivity (Wildman–Crippen MR) is 120 cm³/mol. The molecule has 0 aliphatic carbocycles. The summed E-state index contributed by atoms with van der Waals surface area (Å²) < 4.78 is 5.87. The SMILES string of the molecule is N#Cc1c(N)ncc(-c2ccccc2)c1-c1ccc(OCc2ccccc2Cl)cc1. The van der Waals surface area contributed by atoms with Crippen LogP contribution in [0.5, 0.6) is 5.75 Å². The summed E-state index contributed by atoms with van der Waals surface area (Å²) in [5.41, 5.74) is 10.7. The zero-order valence-electron chi connectivity index (χ0n) is 16.0. The van der Waals surface area contributed by atoms with Gasteiger partial charge in [-0.1, -0.05) is 72.3 Å². The largest absolute Gasteiger partial charge is 0.489 e. The molecule has 3 aromatic carbocycles. The van der Waals surface area contributed by atoms with E-state index in [1.54, 1.807) is 6.20 Å². The molecule has 0 saturated carbocycles. The number of hydrogen-bond acceptors (Lipinski definition) is 4. The molecule has 0 atom stereocenters. The van der Waals surface area contributed by atoms with E-state index >= 15 is 0 Å². The first-order chi connectivity index (χ1) is 14.7. The summed E-state index contributed by atoms with van der Waals surface area (Å²) in [5, 5.41) is 10.4. The molecule has 4 nitrogen and oxygen atoms in total. The number of benzene rings is 3. The van der Waals surface area contributed by atoms with Crippen LogP contribution in [0.2, 0.25) is 5.02 Å². The molecule has 0 spiro atoms. The van der Waals surface area contributed by atoms with E-state index in [-0.39, 0.29) is 5.82 Å². The lowest BCUT2D eigenvalue weighted by Gasteiger charge is -2.14. The Bertz CT molecular complexity index is 1220. The second-order valence-electron chi connectivity index (χ2n) is 6.69. The van der Waals surface area contributed by atoms with Crippen molar-refractivity contribution >= 4 is 17.4 Å². The lowest BCUT2D eigenvalue weighted by Crippen LogP contribution is -2.00. The third-order valence-electron chi connectivity index (χ3n) is 4.80. The average Bonchev–Trinajstić information content (AvgIpc) is 2.79. The van der Waals surface area contributed by atoms with E-state index in [9.17, 15) is 5.26 Å². The van der Waals surface area contributed by atoms with E-state index in [0.29, 0.717) is 22.9 Å². The number of nitrogens with zero attached hydrogens (tertiary/aromatic N) is 2. The summed E-state index contributed by atoms with van der Waals surface area (Å²) in [6, 6.07) is 27.2. The first-order valence-corrected chi connectivity index (χ1v) is 9.76. The smallest absolute Gasteiger partial charge is 0.141 e. The fourth-order valence-electron chi connectivity index (χ4n) is 3.27. The van der Waals surface area contributed by atoms with Crippen LogP contribution in [0.25, 0.3) is 22.3 Å². The van der Waals surface area contributed by atoms with Gasteiger partial charge in [0.25, 0.3) is 0 Å². The van der Waals surface area contributed by atoms with Crippen molar-refractivity contribution in [2.24, 2.45) is 0 Å². The maximum absolute atomic E-state index is 9.72. The summed E-state index contributed by atoms with van der Waals surface area (Å²) in [7, 11) is 0. The van der Waals surface area contributed by atoms with Crippen LogP contribution in [-0.2, 0) is 6.61 Å². The maximum Gasteiger partial charge on any atom is 0.141 e. The highest BCUT2D eigenvalue weighted by molar-refractivity contribution is 6.31. The summed E-state index contributed by atoms with van der Waals surface area (Å²) in [5.74, 6) is 0.923. The second kappa shape index (κ2) is 8.69. The molecule has 5 heteroatoms. The normalized spacial score (nSPS) is 10.4. The van der Waals surface area contributed by atoms with Gasteiger partial charge >= 0.3 is 0 Å². The van der Waals surface area contributed by atoms with Crippen molar-refractivity contribution in [1.29, 1.82) is 5.26 Å². The van der Waals surface area contributed by atoms with Crippen LogP contribution in [0.4, 0.5) is 5.82 Å². The molecule has 4 aromatic rings. The Morgan fingerprint density at radius 2 is 1.60 bits per heavy atom. The minimum Gasteiger partial charge on any atom is -0.489 e. The van der Waals surface area contributed by atoms with Crippen LogP contribution in [0.15, 0.2) is 85.1 Å². The number of hydrogen-bond donors (Lipinski definition) is 1. The van der Waals surface area contributed by atoms with Crippen molar-refractivity contribution in [2.45, 2.75) is 6.61 Å². The van der Waals surface area contributed by atoms with Gasteiger partial charge in [-0.3, -0.25) is 0 Å². The van der Waals surface area contributed by atoms with Crippen LogP contribution in [0.1, 0.15) is 11.1 Å². The van der Waals surface area contributed by atoms with Crippen LogP contribution in [0, 0.1) is 11.3 Å². The van der Waals surface area contributed by atoms with Crippen molar-refractivity contribution in [3.8, 4) is 34.1 Å². The minimum absolute atomic E-state index is 0.214. The number of aromatic nitrogens is 1. The zero-order chi connectivity index (χ0) is 20.9. The molecule has 0 aliphatic heterocycles. The number of nitrogen functional groups attached to an aromatic ring is 1. The number of anilines is 1. The van der Waals surface area contributed by atoms with Crippen LogP contribution in [-0.4, -0.2) is 4.98 Å². The van der Waals surface area contributed by atoms with Crippen molar-refractivity contribution in [3.63, 3.8) is 0 Å². The molecule has 2 N–H and O–H groups in total. The Hall–Kier alpha value is -3.81. The molecule has 0 bridgehead atoms. The molecule has 0 saturated heterocycles. The van der Waals surface area contributed by atoms with Crippen LogP contribution < -0.4 is 10.5 Å². The number of ether oxygens (including phenoxy) is 1. The van der Waals surface area contributed by atoms with Crippen LogP contribution in [0.3, 0.4) is 0 Å². The number of nitrogens with two attached hydrogens (primary N) is 1. The predicted octanol–water partition coefficient (Wildman–Crippen LogP) is 6.10. The Morgan fingerprint density at radius 3 is 2.30 bits per heavy atom. The number of rotatable bonds is 5. The van der Waals surface area contributed by atoms with E-state index in [4.69, 9.17) is 22.1 Å². The van der Waals surface area contributed by atoms with E-state index in [0.717, 1.165) is 27.8 Å². The summed E-state index contributed by atoms with van der Waals surface area (Å²) in [6.45, 7) is 0.375. The van der Waals surface area contributed by atoms with Gasteiger partial charge in [-0.25, -0.2) is 4.98 Å². The highest BCUT2D eigenvalue weighted by Gasteiger charge is 2.16. The molecular formula is C25H18ClN3O. The third-order valence-corrected chi connectivity index (χ3v) is 5.17. The lowest BCUT2D eigenvalue weighted by atomic mass is 9.92. The highest BCUT2D eigenvalue weighted by atomic mass is 35.5. The number of nitriles is 1. The Kier molecular flexibility index (Phi) is 5.65. The van der Waals surface area contributed by atoms with Crippen molar-refractivity contribution in [3.05, 3.63) is 101 Å². The fraction of sp³-hybridized carbons (Fsp3) is 0.0400. The van der Waals surface area contributed by atoms with E-state index in [1.807, 2.05) is 78.9 Å². The van der Waals surface area contributed by atoms with E-state index in [2.05, 4.69) is 11.1 Å². The van der Waals surface area contributed by atoms with E-state index in [1.165, 1.54) is 0 Å². The molecule has 146 valence electrons. The van der Waals surface area contributed by atoms with Gasteiger partial charge in [0.2, 0.25) is 0 Å². The minimum atomic E-state index is 0.214. The molecule has 1 heterocycles. The topological polar surface area (TPSA) is 71.9 Å². The van der Waals surface area contributed by atoms with Gasteiger partial charge < -0.3 is 10.5 Å². The average molecular weight is 412 g/mol. The molecule has 0 aliphatic rings. The molecule has 1 aromatic heterocycles. The molecule has 0 amide bonds. The molecule has 0 fully saturated rings. The molecule has 4 rings (SSSR count). The summed E-state index contributed by atoms with van der Waals surface area (Å²) >= 11 is 6.19. The molecule has 0 unspecified atom stereocenters. The van der Waals surface area contributed by atoms with Gasteiger partial charge in [-0.2, -0.15) is 5.26 Å². The fourth-order valence-corrected chi connectivity index (χ4v) is 3.46. The Balaban J connectivity index is 1.68. The molecular weight excluding hydrogens is 394 g/mol.